The fourth-order valence-corrected chi connectivity index (χ4v) is 1.81. The molecular weight excluding hydrogens is 222 g/mol. The van der Waals surface area contributed by atoms with Crippen LogP contribution in [0.2, 0.25) is 0 Å². The molecule has 2 rings (SSSR count). The number of hydrogen-bond donors (Lipinski definition) is 1. The molecule has 1 aromatic heterocycles. The summed E-state index contributed by atoms with van der Waals surface area (Å²) >= 11 is 0. The Morgan fingerprint density at radius 3 is 2.78 bits per heavy atom. The van der Waals surface area contributed by atoms with Crippen molar-refractivity contribution in [3.63, 3.8) is 0 Å². The molecular formula is C15H19N3. The highest BCUT2D eigenvalue weighted by molar-refractivity contribution is 5.33. The van der Waals surface area contributed by atoms with Crippen molar-refractivity contribution in [2.24, 2.45) is 0 Å². The summed E-state index contributed by atoms with van der Waals surface area (Å²) in [6.07, 6.45) is 6.66. The first-order valence-corrected chi connectivity index (χ1v) is 6.23. The van der Waals surface area contributed by atoms with Gasteiger partial charge in [0, 0.05) is 25.0 Å². The van der Waals surface area contributed by atoms with Gasteiger partial charge in [-0.1, -0.05) is 18.2 Å². The largest absolute Gasteiger partial charge is 0.310 e. The van der Waals surface area contributed by atoms with Gasteiger partial charge in [-0.2, -0.15) is 5.10 Å². The number of hydrogen-bond acceptors (Lipinski definition) is 2. The van der Waals surface area contributed by atoms with Gasteiger partial charge >= 0.3 is 0 Å². The molecule has 1 heterocycles. The quantitative estimate of drug-likeness (QED) is 0.788. The SMILES string of the molecule is C=CCC(C)NCc1ccc(-n2cccn2)cc1. The molecule has 1 N–H and O–H groups in total. The molecule has 0 amide bonds. The Kier molecular flexibility index (Phi) is 4.31. The van der Waals surface area contributed by atoms with Crippen LogP contribution >= 0.6 is 0 Å². The van der Waals surface area contributed by atoms with E-state index in [9.17, 15) is 0 Å². The topological polar surface area (TPSA) is 29.9 Å². The van der Waals surface area contributed by atoms with Crippen LogP contribution in [0.1, 0.15) is 18.9 Å². The molecule has 0 aliphatic heterocycles. The van der Waals surface area contributed by atoms with E-state index < -0.39 is 0 Å². The predicted molar refractivity (Wildman–Crippen MR) is 74.7 cm³/mol. The van der Waals surface area contributed by atoms with Gasteiger partial charge in [0.25, 0.3) is 0 Å². The molecule has 0 saturated carbocycles. The lowest BCUT2D eigenvalue weighted by atomic mass is 10.2. The average molecular weight is 241 g/mol. The van der Waals surface area contributed by atoms with E-state index in [1.165, 1.54) is 5.56 Å². The molecule has 0 aliphatic rings. The second kappa shape index (κ2) is 6.17. The number of aromatic nitrogens is 2. The van der Waals surface area contributed by atoms with Crippen LogP contribution in [0, 0.1) is 0 Å². The summed E-state index contributed by atoms with van der Waals surface area (Å²) < 4.78 is 1.86. The van der Waals surface area contributed by atoms with Gasteiger partial charge in [0.05, 0.1) is 5.69 Å². The summed E-state index contributed by atoms with van der Waals surface area (Å²) in [5.74, 6) is 0. The highest BCUT2D eigenvalue weighted by Crippen LogP contribution is 2.08. The first-order chi connectivity index (χ1) is 8.79. The smallest absolute Gasteiger partial charge is 0.0645 e. The van der Waals surface area contributed by atoms with Crippen LogP contribution in [0.5, 0.6) is 0 Å². The minimum Gasteiger partial charge on any atom is -0.310 e. The van der Waals surface area contributed by atoms with E-state index in [0.29, 0.717) is 6.04 Å². The van der Waals surface area contributed by atoms with Crippen LogP contribution in [0.25, 0.3) is 5.69 Å². The molecule has 0 fully saturated rings. The van der Waals surface area contributed by atoms with Gasteiger partial charge in [0.15, 0.2) is 0 Å². The maximum atomic E-state index is 4.20. The van der Waals surface area contributed by atoms with Crippen molar-refractivity contribution in [2.75, 3.05) is 0 Å². The van der Waals surface area contributed by atoms with Crippen LogP contribution in [-0.4, -0.2) is 15.8 Å². The zero-order chi connectivity index (χ0) is 12.8. The van der Waals surface area contributed by atoms with Crippen molar-refractivity contribution >= 4 is 0 Å². The Labute approximate surface area is 108 Å². The Hall–Kier alpha value is -1.87. The Morgan fingerprint density at radius 1 is 1.39 bits per heavy atom. The van der Waals surface area contributed by atoms with Crippen LogP contribution in [0.4, 0.5) is 0 Å². The van der Waals surface area contributed by atoms with E-state index >= 15 is 0 Å². The average Bonchev–Trinajstić information content (AvgIpc) is 2.91. The van der Waals surface area contributed by atoms with Gasteiger partial charge in [-0.05, 0) is 37.1 Å². The minimum atomic E-state index is 0.466. The summed E-state index contributed by atoms with van der Waals surface area (Å²) in [4.78, 5) is 0. The zero-order valence-corrected chi connectivity index (χ0v) is 10.7. The number of nitrogens with one attached hydrogen (secondary N) is 1. The van der Waals surface area contributed by atoms with Gasteiger partial charge in [0.2, 0.25) is 0 Å². The van der Waals surface area contributed by atoms with Crippen molar-refractivity contribution in [1.29, 1.82) is 0 Å². The van der Waals surface area contributed by atoms with E-state index in [-0.39, 0.29) is 0 Å². The molecule has 0 radical (unpaired) electrons. The summed E-state index contributed by atoms with van der Waals surface area (Å²) in [5, 5.41) is 7.67. The molecule has 1 atom stereocenters. The third kappa shape index (κ3) is 3.31. The maximum absolute atomic E-state index is 4.20. The summed E-state index contributed by atoms with van der Waals surface area (Å²) in [6, 6.07) is 10.8. The van der Waals surface area contributed by atoms with Gasteiger partial charge in [-0.3, -0.25) is 0 Å². The Bertz CT molecular complexity index is 471. The molecule has 0 saturated heterocycles. The first-order valence-electron chi connectivity index (χ1n) is 6.23. The number of rotatable bonds is 6. The molecule has 1 unspecified atom stereocenters. The number of benzene rings is 1. The normalized spacial score (nSPS) is 12.3. The van der Waals surface area contributed by atoms with Gasteiger partial charge in [0.1, 0.15) is 0 Å². The van der Waals surface area contributed by atoms with Crippen LogP contribution in [0.3, 0.4) is 0 Å². The molecule has 0 spiro atoms. The van der Waals surface area contributed by atoms with Gasteiger partial charge in [-0.15, -0.1) is 6.58 Å². The van der Waals surface area contributed by atoms with E-state index in [4.69, 9.17) is 0 Å². The van der Waals surface area contributed by atoms with Gasteiger partial charge in [-0.25, -0.2) is 4.68 Å². The van der Waals surface area contributed by atoms with Crippen molar-refractivity contribution in [3.8, 4) is 5.69 Å². The van der Waals surface area contributed by atoms with Crippen LogP contribution in [-0.2, 0) is 6.54 Å². The second-order valence-electron chi connectivity index (χ2n) is 4.42. The standard InChI is InChI=1S/C15H19N3/c1-3-5-13(2)16-12-14-6-8-15(9-7-14)18-11-4-10-17-18/h3-4,6-11,13,16H,1,5,12H2,2H3. The lowest BCUT2D eigenvalue weighted by Crippen LogP contribution is -2.24. The summed E-state index contributed by atoms with van der Waals surface area (Å²) in [5.41, 5.74) is 2.37. The van der Waals surface area contributed by atoms with Gasteiger partial charge < -0.3 is 5.32 Å². The molecule has 3 heteroatoms. The molecule has 0 bridgehead atoms. The van der Waals surface area contributed by atoms with E-state index in [2.05, 4.69) is 48.2 Å². The Balaban J connectivity index is 1.94. The van der Waals surface area contributed by atoms with E-state index in [1.807, 2.05) is 23.0 Å². The molecule has 18 heavy (non-hydrogen) atoms. The molecule has 94 valence electrons. The molecule has 1 aromatic carbocycles. The molecule has 0 aliphatic carbocycles. The highest BCUT2D eigenvalue weighted by atomic mass is 15.3. The second-order valence-corrected chi connectivity index (χ2v) is 4.42. The van der Waals surface area contributed by atoms with Crippen molar-refractivity contribution in [2.45, 2.75) is 25.9 Å². The predicted octanol–water partition coefficient (Wildman–Crippen LogP) is 2.93. The third-order valence-corrected chi connectivity index (χ3v) is 2.88. The summed E-state index contributed by atoms with van der Waals surface area (Å²) in [7, 11) is 0. The molecule has 2 aromatic rings. The van der Waals surface area contributed by atoms with Crippen LogP contribution < -0.4 is 5.32 Å². The maximum Gasteiger partial charge on any atom is 0.0645 e. The monoisotopic (exact) mass is 241 g/mol. The fraction of sp³-hybridized carbons (Fsp3) is 0.267. The third-order valence-electron chi connectivity index (χ3n) is 2.88. The Morgan fingerprint density at radius 2 is 2.17 bits per heavy atom. The van der Waals surface area contributed by atoms with E-state index in [1.54, 1.807) is 6.20 Å². The fourth-order valence-electron chi connectivity index (χ4n) is 1.81. The first kappa shape index (κ1) is 12.6. The van der Waals surface area contributed by atoms with Crippen molar-refractivity contribution < 1.29 is 0 Å². The van der Waals surface area contributed by atoms with Crippen molar-refractivity contribution in [3.05, 3.63) is 60.9 Å². The van der Waals surface area contributed by atoms with Crippen molar-refractivity contribution in [1.82, 2.24) is 15.1 Å². The highest BCUT2D eigenvalue weighted by Gasteiger charge is 2.00. The zero-order valence-electron chi connectivity index (χ0n) is 10.7. The minimum absolute atomic E-state index is 0.466. The molecule has 3 nitrogen and oxygen atoms in total. The lowest BCUT2D eigenvalue weighted by molar-refractivity contribution is 0.554. The lowest BCUT2D eigenvalue weighted by Gasteiger charge is -2.11. The van der Waals surface area contributed by atoms with Crippen LogP contribution in [0.15, 0.2) is 55.4 Å². The number of nitrogens with zero attached hydrogens (tertiary/aromatic N) is 2. The van der Waals surface area contributed by atoms with E-state index in [0.717, 1.165) is 18.7 Å². The summed E-state index contributed by atoms with van der Waals surface area (Å²) in [6.45, 7) is 6.80.